The molecular formula is C34H38. The van der Waals surface area contributed by atoms with Crippen LogP contribution >= 0.6 is 0 Å². The minimum Gasteiger partial charge on any atom is -0.0648 e. The van der Waals surface area contributed by atoms with Crippen LogP contribution in [0.15, 0.2) is 121 Å². The molecule has 4 atom stereocenters. The average Bonchev–Trinajstić information content (AvgIpc) is 2.92. The molecule has 0 heteroatoms. The maximum absolute atomic E-state index is 2.39. The third-order valence-corrected chi connectivity index (χ3v) is 7.45. The van der Waals surface area contributed by atoms with Crippen LogP contribution in [0.25, 0.3) is 0 Å². The van der Waals surface area contributed by atoms with Gasteiger partial charge in [0.25, 0.3) is 0 Å². The van der Waals surface area contributed by atoms with E-state index in [9.17, 15) is 0 Å². The van der Waals surface area contributed by atoms with Crippen LogP contribution in [0.3, 0.4) is 0 Å². The fourth-order valence-electron chi connectivity index (χ4n) is 5.48. The van der Waals surface area contributed by atoms with Crippen LogP contribution in [0.5, 0.6) is 0 Å². The van der Waals surface area contributed by atoms with Gasteiger partial charge in [0.15, 0.2) is 0 Å². The lowest BCUT2D eigenvalue weighted by Crippen LogP contribution is -2.13. The van der Waals surface area contributed by atoms with Crippen LogP contribution in [0.4, 0.5) is 0 Å². The van der Waals surface area contributed by atoms with E-state index in [0.717, 1.165) is 0 Å². The highest BCUT2D eigenvalue weighted by atomic mass is 14.3. The lowest BCUT2D eigenvalue weighted by Gasteiger charge is -2.29. The zero-order valence-corrected chi connectivity index (χ0v) is 20.7. The molecule has 0 aliphatic carbocycles. The van der Waals surface area contributed by atoms with Gasteiger partial charge in [-0.25, -0.2) is 0 Å². The van der Waals surface area contributed by atoms with Crippen molar-refractivity contribution < 1.29 is 0 Å². The summed E-state index contributed by atoms with van der Waals surface area (Å²) in [4.78, 5) is 0. The second-order valence-electron chi connectivity index (χ2n) is 9.75. The number of hydrogen-bond acceptors (Lipinski definition) is 0. The van der Waals surface area contributed by atoms with E-state index >= 15 is 0 Å². The maximum Gasteiger partial charge on any atom is -0.0150 e. The van der Waals surface area contributed by atoms with Gasteiger partial charge < -0.3 is 0 Å². The van der Waals surface area contributed by atoms with Gasteiger partial charge in [0.2, 0.25) is 0 Å². The summed E-state index contributed by atoms with van der Waals surface area (Å²) in [6.07, 6.45) is 4.70. The Morgan fingerprint density at radius 2 is 0.735 bits per heavy atom. The van der Waals surface area contributed by atoms with Gasteiger partial charge in [-0.15, -0.1) is 0 Å². The summed E-state index contributed by atoms with van der Waals surface area (Å²) in [6, 6.07) is 44.6. The number of hydrogen-bond donors (Lipinski definition) is 0. The molecule has 0 spiro atoms. The summed E-state index contributed by atoms with van der Waals surface area (Å²) in [6.45, 7) is 4.73. The van der Waals surface area contributed by atoms with Crippen LogP contribution in [-0.2, 0) is 0 Å². The molecule has 0 heterocycles. The molecule has 0 aliphatic heterocycles. The van der Waals surface area contributed by atoms with Crippen molar-refractivity contribution in [1.29, 1.82) is 0 Å². The van der Waals surface area contributed by atoms with Crippen molar-refractivity contribution in [3.63, 3.8) is 0 Å². The Balaban J connectivity index is 1.62. The molecule has 0 aliphatic rings. The monoisotopic (exact) mass is 446 g/mol. The summed E-state index contributed by atoms with van der Waals surface area (Å²) < 4.78 is 0. The van der Waals surface area contributed by atoms with E-state index in [1.165, 1.54) is 47.9 Å². The Hall–Kier alpha value is -3.12. The number of rotatable bonds is 11. The quantitative estimate of drug-likeness (QED) is 0.215. The second-order valence-corrected chi connectivity index (χ2v) is 9.75. The molecule has 0 bridgehead atoms. The van der Waals surface area contributed by atoms with Crippen molar-refractivity contribution in [3.05, 3.63) is 144 Å². The Morgan fingerprint density at radius 1 is 0.412 bits per heavy atom. The minimum absolute atomic E-state index is 0.523. The predicted octanol–water partition coefficient (Wildman–Crippen LogP) is 9.72. The van der Waals surface area contributed by atoms with Crippen molar-refractivity contribution in [2.24, 2.45) is 0 Å². The third-order valence-electron chi connectivity index (χ3n) is 7.45. The van der Waals surface area contributed by atoms with Crippen LogP contribution in [0.1, 0.15) is 85.5 Å². The molecule has 0 saturated heterocycles. The standard InChI is InChI=1S/C34H38/c1-3-28(30-18-10-5-11-19-30)25-34(32-22-14-7-15-23-32)26-33(31-20-12-6-13-21-31)24-27(2)29-16-8-4-9-17-29/h4-23,27-28,33-34H,3,24-26H2,1-2H3/t27-,28-,33+,34+/m0/s1. The molecule has 4 aromatic carbocycles. The Bertz CT molecular complexity index is 1070. The molecule has 0 N–H and O–H groups in total. The van der Waals surface area contributed by atoms with Gasteiger partial charge in [0.1, 0.15) is 0 Å². The van der Waals surface area contributed by atoms with Gasteiger partial charge in [-0.3, -0.25) is 0 Å². The lowest BCUT2D eigenvalue weighted by molar-refractivity contribution is 0.428. The molecule has 4 rings (SSSR count). The first-order valence-electron chi connectivity index (χ1n) is 12.9. The first-order valence-corrected chi connectivity index (χ1v) is 12.9. The fraction of sp³-hybridized carbons (Fsp3) is 0.294. The SMILES string of the molecule is CC[C@@H](C[C@H](C[C@@H](C[C@H](C)c1ccccc1)c1ccccc1)c1ccccc1)c1ccccc1. The fourth-order valence-corrected chi connectivity index (χ4v) is 5.48. The normalized spacial score (nSPS) is 14.8. The van der Waals surface area contributed by atoms with Crippen molar-refractivity contribution in [3.8, 4) is 0 Å². The van der Waals surface area contributed by atoms with Gasteiger partial charge in [0, 0.05) is 0 Å². The summed E-state index contributed by atoms with van der Waals surface area (Å²) in [5.41, 5.74) is 5.86. The maximum atomic E-state index is 2.39. The van der Waals surface area contributed by atoms with Gasteiger partial charge in [-0.05, 0) is 71.6 Å². The van der Waals surface area contributed by atoms with E-state index < -0.39 is 0 Å². The van der Waals surface area contributed by atoms with Crippen molar-refractivity contribution in [2.75, 3.05) is 0 Å². The number of benzene rings is 4. The van der Waals surface area contributed by atoms with Gasteiger partial charge in [-0.1, -0.05) is 135 Å². The molecule has 0 nitrogen and oxygen atoms in total. The summed E-state index contributed by atoms with van der Waals surface area (Å²) in [5, 5.41) is 0. The Kier molecular flexibility index (Phi) is 8.74. The molecule has 4 aromatic rings. The highest BCUT2D eigenvalue weighted by Gasteiger charge is 2.25. The largest absolute Gasteiger partial charge is 0.0648 e. The molecule has 0 aromatic heterocycles. The molecule has 0 fully saturated rings. The first kappa shape index (κ1) is 24.0. The van der Waals surface area contributed by atoms with Crippen molar-refractivity contribution >= 4 is 0 Å². The van der Waals surface area contributed by atoms with Crippen LogP contribution in [0, 0.1) is 0 Å². The summed E-state index contributed by atoms with van der Waals surface area (Å²) in [5.74, 6) is 2.16. The highest BCUT2D eigenvalue weighted by molar-refractivity contribution is 5.27. The predicted molar refractivity (Wildman–Crippen MR) is 147 cm³/mol. The van der Waals surface area contributed by atoms with Gasteiger partial charge in [0.05, 0.1) is 0 Å². The van der Waals surface area contributed by atoms with Crippen molar-refractivity contribution in [2.45, 2.75) is 63.2 Å². The van der Waals surface area contributed by atoms with E-state index in [2.05, 4.69) is 135 Å². The Labute approximate surface area is 206 Å². The summed E-state index contributed by atoms with van der Waals surface area (Å²) >= 11 is 0. The van der Waals surface area contributed by atoms with E-state index in [1.807, 2.05) is 0 Å². The summed E-state index contributed by atoms with van der Waals surface area (Å²) in [7, 11) is 0. The van der Waals surface area contributed by atoms with Crippen LogP contribution in [-0.4, -0.2) is 0 Å². The van der Waals surface area contributed by atoms with E-state index in [0.29, 0.717) is 23.7 Å². The van der Waals surface area contributed by atoms with Gasteiger partial charge >= 0.3 is 0 Å². The molecular weight excluding hydrogens is 408 g/mol. The molecule has 0 unspecified atom stereocenters. The highest BCUT2D eigenvalue weighted by Crippen LogP contribution is 2.41. The molecule has 0 radical (unpaired) electrons. The Morgan fingerprint density at radius 3 is 1.15 bits per heavy atom. The van der Waals surface area contributed by atoms with Crippen LogP contribution < -0.4 is 0 Å². The minimum atomic E-state index is 0.523. The molecule has 0 amide bonds. The van der Waals surface area contributed by atoms with Crippen LogP contribution in [0.2, 0.25) is 0 Å². The molecule has 34 heavy (non-hydrogen) atoms. The average molecular weight is 447 g/mol. The topological polar surface area (TPSA) is 0 Å². The van der Waals surface area contributed by atoms with E-state index in [1.54, 1.807) is 0 Å². The zero-order valence-electron chi connectivity index (χ0n) is 20.7. The van der Waals surface area contributed by atoms with E-state index in [4.69, 9.17) is 0 Å². The first-order chi connectivity index (χ1) is 16.7. The lowest BCUT2D eigenvalue weighted by atomic mass is 9.75. The smallest absolute Gasteiger partial charge is 0.0150 e. The van der Waals surface area contributed by atoms with Crippen molar-refractivity contribution in [1.82, 2.24) is 0 Å². The van der Waals surface area contributed by atoms with Gasteiger partial charge in [-0.2, -0.15) is 0 Å². The zero-order chi connectivity index (χ0) is 23.6. The molecule has 174 valence electrons. The van der Waals surface area contributed by atoms with E-state index in [-0.39, 0.29) is 0 Å². The third kappa shape index (κ3) is 6.48. The second kappa shape index (κ2) is 12.4. The molecule has 0 saturated carbocycles.